The van der Waals surface area contributed by atoms with Crippen LogP contribution in [0.1, 0.15) is 39.0 Å². The minimum atomic E-state index is -0.257. The Hall–Kier alpha value is -0.680. The Morgan fingerprint density at radius 2 is 2.10 bits per heavy atom. The molecule has 5 heteroatoms. The topological polar surface area (TPSA) is 20.7 Å². The number of aromatic amines is 1. The molecule has 20 heavy (non-hydrogen) atoms. The minimum absolute atomic E-state index is 0.257. The van der Waals surface area contributed by atoms with E-state index in [4.69, 9.17) is 12.2 Å². The van der Waals surface area contributed by atoms with E-state index in [1.165, 1.54) is 38.2 Å². The zero-order valence-electron chi connectivity index (χ0n) is 11.5. The molecule has 1 heterocycles. The van der Waals surface area contributed by atoms with Crippen molar-refractivity contribution >= 4 is 39.2 Å². The third-order valence-electron chi connectivity index (χ3n) is 4.72. The molecule has 3 rings (SSSR count). The Morgan fingerprint density at radius 1 is 1.40 bits per heavy atom. The lowest BCUT2D eigenvalue weighted by Crippen LogP contribution is -2.22. The number of nitrogens with one attached hydrogen (secondary N) is 1. The molecule has 0 saturated heterocycles. The van der Waals surface area contributed by atoms with Crippen molar-refractivity contribution in [1.82, 2.24) is 9.55 Å². The van der Waals surface area contributed by atoms with Crippen molar-refractivity contribution in [3.8, 4) is 0 Å². The zero-order valence-corrected chi connectivity index (χ0v) is 13.9. The average Bonchev–Trinajstić information content (AvgIpc) is 2.99. The molecule has 1 N–H and O–H groups in total. The fourth-order valence-corrected chi connectivity index (χ4v) is 4.00. The predicted octanol–water partition coefficient (Wildman–Crippen LogP) is 5.57. The second-order valence-electron chi connectivity index (χ2n) is 5.86. The van der Waals surface area contributed by atoms with E-state index in [0.29, 0.717) is 14.7 Å². The van der Waals surface area contributed by atoms with Gasteiger partial charge in [0.25, 0.3) is 0 Å². The van der Waals surface area contributed by atoms with Crippen molar-refractivity contribution < 1.29 is 4.39 Å². The van der Waals surface area contributed by atoms with Gasteiger partial charge in [0.1, 0.15) is 5.82 Å². The van der Waals surface area contributed by atoms with Gasteiger partial charge in [-0.25, -0.2) is 4.39 Å². The molecule has 0 unspecified atom stereocenters. The van der Waals surface area contributed by atoms with Crippen LogP contribution in [0.25, 0.3) is 11.0 Å². The molecule has 0 aliphatic heterocycles. The van der Waals surface area contributed by atoms with Gasteiger partial charge < -0.3 is 9.55 Å². The smallest absolute Gasteiger partial charge is 0.178 e. The zero-order chi connectivity index (χ0) is 14.3. The van der Waals surface area contributed by atoms with Crippen molar-refractivity contribution in [1.29, 1.82) is 0 Å². The van der Waals surface area contributed by atoms with Gasteiger partial charge in [0.15, 0.2) is 4.77 Å². The van der Waals surface area contributed by atoms with Gasteiger partial charge in [-0.05, 0) is 58.9 Å². The molecule has 1 saturated carbocycles. The second kappa shape index (κ2) is 5.26. The maximum absolute atomic E-state index is 13.6. The van der Waals surface area contributed by atoms with Gasteiger partial charge in [-0.3, -0.25) is 0 Å². The van der Waals surface area contributed by atoms with E-state index in [1.807, 2.05) is 6.07 Å². The number of hydrogen-bond acceptors (Lipinski definition) is 1. The predicted molar refractivity (Wildman–Crippen MR) is 86.0 cm³/mol. The van der Waals surface area contributed by atoms with E-state index in [1.54, 1.807) is 0 Å². The number of benzene rings is 1. The summed E-state index contributed by atoms with van der Waals surface area (Å²) in [6, 6.07) is 3.34. The molecule has 1 aromatic carbocycles. The lowest BCUT2D eigenvalue weighted by molar-refractivity contribution is 0.239. The van der Waals surface area contributed by atoms with Crippen LogP contribution < -0.4 is 0 Å². The SMILES string of the molecule is CCC1(Cn2c(=S)[nH]c3cc(F)c(Br)cc32)CCCC1. The first-order chi connectivity index (χ1) is 9.54. The number of halogens is 2. The summed E-state index contributed by atoms with van der Waals surface area (Å²) in [5.41, 5.74) is 2.12. The van der Waals surface area contributed by atoms with E-state index in [0.717, 1.165) is 17.6 Å². The summed E-state index contributed by atoms with van der Waals surface area (Å²) in [7, 11) is 0. The van der Waals surface area contributed by atoms with E-state index in [9.17, 15) is 4.39 Å². The molecule has 1 aliphatic carbocycles. The number of hydrogen-bond donors (Lipinski definition) is 1. The molecule has 0 bridgehead atoms. The summed E-state index contributed by atoms with van der Waals surface area (Å²) in [4.78, 5) is 3.13. The van der Waals surface area contributed by atoms with Crippen LogP contribution in [0.15, 0.2) is 16.6 Å². The number of H-pyrrole nitrogens is 1. The Morgan fingerprint density at radius 3 is 2.75 bits per heavy atom. The average molecular weight is 357 g/mol. The Balaban J connectivity index is 2.09. The number of nitrogens with zero attached hydrogens (tertiary/aromatic N) is 1. The van der Waals surface area contributed by atoms with Crippen LogP contribution in [0.4, 0.5) is 4.39 Å². The van der Waals surface area contributed by atoms with Crippen LogP contribution in [-0.2, 0) is 6.54 Å². The van der Waals surface area contributed by atoms with Crippen LogP contribution in [-0.4, -0.2) is 9.55 Å². The lowest BCUT2D eigenvalue weighted by Gasteiger charge is -2.28. The molecule has 1 fully saturated rings. The summed E-state index contributed by atoms with van der Waals surface area (Å²) in [5, 5.41) is 0. The largest absolute Gasteiger partial charge is 0.330 e. The van der Waals surface area contributed by atoms with E-state index in [-0.39, 0.29) is 5.82 Å². The van der Waals surface area contributed by atoms with E-state index in [2.05, 4.69) is 32.4 Å². The normalized spacial score (nSPS) is 17.9. The standard InChI is InChI=1S/C15H18BrFN2S/c1-2-15(5-3-4-6-15)9-19-13-7-10(16)11(17)8-12(13)18-14(19)20/h7-8H,2-6,9H2,1H3,(H,18,20). The number of rotatable bonds is 3. The first kappa shape index (κ1) is 14.3. The molecule has 2 nitrogen and oxygen atoms in total. The molecule has 108 valence electrons. The first-order valence-corrected chi connectivity index (χ1v) is 8.32. The van der Waals surface area contributed by atoms with Crippen LogP contribution in [0.3, 0.4) is 0 Å². The summed E-state index contributed by atoms with van der Waals surface area (Å²) in [6.07, 6.45) is 6.31. The van der Waals surface area contributed by atoms with Crippen molar-refractivity contribution in [3.63, 3.8) is 0 Å². The summed E-state index contributed by atoms with van der Waals surface area (Å²) in [5.74, 6) is -0.257. The van der Waals surface area contributed by atoms with Crippen molar-refractivity contribution in [2.75, 3.05) is 0 Å². The van der Waals surface area contributed by atoms with Gasteiger partial charge in [-0.1, -0.05) is 19.8 Å². The minimum Gasteiger partial charge on any atom is -0.330 e. The van der Waals surface area contributed by atoms with Crippen molar-refractivity contribution in [2.24, 2.45) is 5.41 Å². The second-order valence-corrected chi connectivity index (χ2v) is 7.10. The molecule has 2 aromatic rings. The molecular formula is C15H18BrFN2S. The maximum atomic E-state index is 13.6. The molecule has 0 spiro atoms. The molecule has 0 radical (unpaired) electrons. The van der Waals surface area contributed by atoms with Gasteiger partial charge in [-0.15, -0.1) is 0 Å². The highest BCUT2D eigenvalue weighted by Gasteiger charge is 2.33. The Bertz CT molecular complexity index is 698. The van der Waals surface area contributed by atoms with E-state index >= 15 is 0 Å². The lowest BCUT2D eigenvalue weighted by atomic mass is 9.83. The van der Waals surface area contributed by atoms with Crippen molar-refractivity contribution in [2.45, 2.75) is 45.6 Å². The molecule has 1 aromatic heterocycles. The first-order valence-electron chi connectivity index (χ1n) is 7.12. The molecule has 1 aliphatic rings. The van der Waals surface area contributed by atoms with Gasteiger partial charge >= 0.3 is 0 Å². The van der Waals surface area contributed by atoms with Crippen LogP contribution in [0.5, 0.6) is 0 Å². The molecule has 0 atom stereocenters. The quantitative estimate of drug-likeness (QED) is 0.712. The Labute approximate surface area is 131 Å². The third-order valence-corrected chi connectivity index (χ3v) is 5.65. The number of aromatic nitrogens is 2. The summed E-state index contributed by atoms with van der Waals surface area (Å²) in [6.45, 7) is 3.19. The fraction of sp³-hybridized carbons (Fsp3) is 0.533. The molecular weight excluding hydrogens is 339 g/mol. The third kappa shape index (κ3) is 2.35. The maximum Gasteiger partial charge on any atom is 0.178 e. The number of imidazole rings is 1. The van der Waals surface area contributed by atoms with Gasteiger partial charge in [0, 0.05) is 12.6 Å². The van der Waals surface area contributed by atoms with E-state index < -0.39 is 0 Å². The summed E-state index contributed by atoms with van der Waals surface area (Å²) < 4.78 is 17.0. The van der Waals surface area contributed by atoms with Gasteiger partial charge in [0.05, 0.1) is 15.5 Å². The van der Waals surface area contributed by atoms with Crippen molar-refractivity contribution in [3.05, 3.63) is 27.2 Å². The monoisotopic (exact) mass is 356 g/mol. The molecule has 0 amide bonds. The Kier molecular flexibility index (Phi) is 3.75. The van der Waals surface area contributed by atoms with Crippen LogP contribution in [0, 0.1) is 16.0 Å². The number of fused-ring (bicyclic) bond motifs is 1. The van der Waals surface area contributed by atoms with Gasteiger partial charge in [0.2, 0.25) is 0 Å². The fourth-order valence-electron chi connectivity index (χ4n) is 3.39. The highest BCUT2D eigenvalue weighted by Crippen LogP contribution is 2.43. The van der Waals surface area contributed by atoms with Gasteiger partial charge in [-0.2, -0.15) is 0 Å². The van der Waals surface area contributed by atoms with Crippen LogP contribution >= 0.6 is 28.1 Å². The highest BCUT2D eigenvalue weighted by molar-refractivity contribution is 9.10. The highest BCUT2D eigenvalue weighted by atomic mass is 79.9. The summed E-state index contributed by atoms with van der Waals surface area (Å²) >= 11 is 8.71. The van der Waals surface area contributed by atoms with Crippen LogP contribution in [0.2, 0.25) is 0 Å².